The maximum atomic E-state index is 5.64. The fourth-order valence-corrected chi connectivity index (χ4v) is 5.42. The van der Waals surface area contributed by atoms with Gasteiger partial charge in [-0.1, -0.05) is 77.1 Å². The summed E-state index contributed by atoms with van der Waals surface area (Å²) in [6, 6.07) is 30.3. The molecule has 1 nitrogen and oxygen atoms in total. The van der Waals surface area contributed by atoms with Crippen LogP contribution in [0.3, 0.4) is 0 Å². The zero-order valence-corrected chi connectivity index (χ0v) is 20.9. The third kappa shape index (κ3) is 3.27. The van der Waals surface area contributed by atoms with Crippen LogP contribution in [0.1, 0.15) is 22.3 Å². The minimum absolute atomic E-state index is 0. The maximum Gasteiger partial charge on any atom is 1.00 e. The molecule has 0 heterocycles. The van der Waals surface area contributed by atoms with Crippen molar-refractivity contribution in [2.75, 3.05) is 4.90 Å². The van der Waals surface area contributed by atoms with E-state index < -0.39 is 0 Å². The predicted octanol–water partition coefficient (Wildman–Crippen LogP) is 3.80. The summed E-state index contributed by atoms with van der Waals surface area (Å²) in [5.41, 5.74) is 12.7. The van der Waals surface area contributed by atoms with Crippen molar-refractivity contribution in [1.29, 1.82) is 0 Å². The number of anilines is 2. The number of nitrogens with zero attached hydrogens (tertiary/aromatic N) is 1. The first-order valence-corrected chi connectivity index (χ1v) is 11.0. The third-order valence-corrected chi connectivity index (χ3v) is 6.68. The van der Waals surface area contributed by atoms with E-state index in [0.29, 0.717) is 4.32 Å². The van der Waals surface area contributed by atoms with Crippen LogP contribution in [-0.2, 0) is 25.5 Å². The average molecular weight is 444 g/mol. The second kappa shape index (κ2) is 8.16. The van der Waals surface area contributed by atoms with Gasteiger partial charge in [-0.05, 0) is 56.6 Å². The van der Waals surface area contributed by atoms with Gasteiger partial charge in [-0.2, -0.15) is 0 Å². The van der Waals surface area contributed by atoms with Gasteiger partial charge in [0.2, 0.25) is 0 Å². The molecule has 0 aromatic heterocycles. The predicted molar refractivity (Wildman–Crippen MR) is 131 cm³/mol. The van der Waals surface area contributed by atoms with Crippen LogP contribution >= 0.6 is 12.2 Å². The summed E-state index contributed by atoms with van der Waals surface area (Å²) < 4.78 is 0.462. The molecule has 144 valence electrons. The van der Waals surface area contributed by atoms with Crippen LogP contribution in [0.15, 0.2) is 84.9 Å². The molecule has 0 saturated carbocycles. The van der Waals surface area contributed by atoms with Gasteiger partial charge in [0.1, 0.15) is 0 Å². The molecule has 2 aliphatic carbocycles. The summed E-state index contributed by atoms with van der Waals surface area (Å²) in [4.78, 5) is 2.11. The Kier molecular flexibility index (Phi) is 5.49. The van der Waals surface area contributed by atoms with Crippen molar-refractivity contribution in [3.63, 3.8) is 0 Å². The van der Waals surface area contributed by atoms with Crippen LogP contribution in [0, 0.1) is 0 Å². The monoisotopic (exact) mass is 443 g/mol. The van der Waals surface area contributed by atoms with Crippen LogP contribution < -0.4 is 34.5 Å². The Morgan fingerprint density at radius 1 is 0.613 bits per heavy atom. The van der Waals surface area contributed by atoms with Gasteiger partial charge in [-0.3, -0.25) is 0 Å². The smallest absolute Gasteiger partial charge is 0.411 e. The van der Waals surface area contributed by atoms with Crippen LogP contribution in [-0.4, -0.2) is 4.32 Å². The van der Waals surface area contributed by atoms with Gasteiger partial charge >= 0.3 is 29.6 Å². The van der Waals surface area contributed by atoms with E-state index >= 15 is 0 Å². The van der Waals surface area contributed by atoms with Crippen molar-refractivity contribution in [2.45, 2.75) is 12.8 Å². The molecule has 6 rings (SSSR count). The molecule has 0 bridgehead atoms. The van der Waals surface area contributed by atoms with Crippen molar-refractivity contribution in [3.05, 3.63) is 107 Å². The van der Waals surface area contributed by atoms with Gasteiger partial charge in [0, 0.05) is 24.2 Å². The van der Waals surface area contributed by atoms with Crippen LogP contribution in [0.2, 0.25) is 0 Å². The van der Waals surface area contributed by atoms with Gasteiger partial charge in [-0.15, -0.1) is 0 Å². The first-order chi connectivity index (χ1) is 14.7. The van der Waals surface area contributed by atoms with E-state index in [0.717, 1.165) is 24.2 Å². The molecule has 0 atom stereocenters. The number of hydrogen-bond donors (Lipinski definition) is 0. The fourth-order valence-electron chi connectivity index (χ4n) is 5.03. The molecule has 31 heavy (non-hydrogen) atoms. The zero-order chi connectivity index (χ0) is 20.2. The van der Waals surface area contributed by atoms with E-state index in [-0.39, 0.29) is 29.6 Å². The second-order valence-electron chi connectivity index (χ2n) is 7.88. The molecule has 4 aromatic carbocycles. The third-order valence-electron chi connectivity index (χ3n) is 6.32. The Morgan fingerprint density at radius 2 is 1.03 bits per heavy atom. The van der Waals surface area contributed by atoms with Crippen LogP contribution in [0.5, 0.6) is 0 Å². The first kappa shape index (κ1) is 20.9. The van der Waals surface area contributed by atoms with E-state index in [1.165, 1.54) is 44.5 Å². The molecule has 0 spiro atoms. The minimum atomic E-state index is 0. The van der Waals surface area contributed by atoms with E-state index in [1.54, 1.807) is 0 Å². The number of rotatable bonds is 2. The molecule has 0 unspecified atom stereocenters. The number of thiocarbonyl (C=S) groups is 1. The summed E-state index contributed by atoms with van der Waals surface area (Å²) in [7, 11) is 0. The van der Waals surface area contributed by atoms with Crippen molar-refractivity contribution < 1.29 is 29.6 Å². The quantitative estimate of drug-likeness (QED) is 0.228. The largest absolute Gasteiger partial charge is 1.00 e. The summed E-state index contributed by atoms with van der Waals surface area (Å²) >= 11 is 11.3. The SMILES string of the molecule is S=C([S-])N(c1cccc2c1Cc1ccccc1-2)c1cccc2c1Cc1ccccc1-2.[Na+]. The van der Waals surface area contributed by atoms with Gasteiger partial charge in [-0.25, -0.2) is 0 Å². The van der Waals surface area contributed by atoms with Gasteiger partial charge in [0.05, 0.1) is 0 Å². The van der Waals surface area contributed by atoms with E-state index in [4.69, 9.17) is 24.8 Å². The molecule has 4 aromatic rings. The topological polar surface area (TPSA) is 3.24 Å². The molecule has 0 amide bonds. The fraction of sp³-hybridized carbons (Fsp3) is 0.0741. The van der Waals surface area contributed by atoms with Crippen molar-refractivity contribution in [3.8, 4) is 22.3 Å². The Morgan fingerprint density at radius 3 is 1.48 bits per heavy atom. The van der Waals surface area contributed by atoms with Crippen molar-refractivity contribution >= 4 is 40.5 Å². The number of hydrogen-bond acceptors (Lipinski definition) is 2. The zero-order valence-electron chi connectivity index (χ0n) is 17.3. The summed E-state index contributed by atoms with van der Waals surface area (Å²) in [5.74, 6) is 0. The molecular formula is C27H18NNaS2. The molecule has 0 fully saturated rings. The van der Waals surface area contributed by atoms with Crippen LogP contribution in [0.4, 0.5) is 11.4 Å². The normalized spacial score (nSPS) is 12.3. The average Bonchev–Trinajstić information content (AvgIpc) is 3.33. The maximum absolute atomic E-state index is 5.64. The van der Waals surface area contributed by atoms with Gasteiger partial charge < -0.3 is 29.7 Å². The van der Waals surface area contributed by atoms with E-state index in [2.05, 4.69) is 89.8 Å². The Bertz CT molecular complexity index is 1250. The van der Waals surface area contributed by atoms with E-state index in [1.807, 2.05) is 0 Å². The van der Waals surface area contributed by atoms with Crippen molar-refractivity contribution in [2.24, 2.45) is 0 Å². The van der Waals surface area contributed by atoms with Gasteiger partial charge in [0.25, 0.3) is 0 Å². The Labute approximate surface area is 215 Å². The number of benzene rings is 4. The minimum Gasteiger partial charge on any atom is -0.411 e. The first-order valence-electron chi connectivity index (χ1n) is 10.1. The molecule has 0 aliphatic heterocycles. The Hall–Kier alpha value is -2.01. The second-order valence-corrected chi connectivity index (χ2v) is 8.91. The summed E-state index contributed by atoms with van der Waals surface area (Å²) in [6.45, 7) is 0. The van der Waals surface area contributed by atoms with E-state index in [9.17, 15) is 0 Å². The summed E-state index contributed by atoms with van der Waals surface area (Å²) in [5, 5.41) is 0. The number of fused-ring (bicyclic) bond motifs is 6. The molecule has 0 radical (unpaired) electrons. The standard InChI is InChI=1S/C27H19NS2.Na/c29-27(30)28(25-13-5-11-21-19-9-3-1-7-17(19)15-23(21)25)26-14-6-12-22-20-10-4-2-8-18(20)16-24(22)26;/h1-14H,15-16H2,(H,29,30);/q;+1/p-1. The van der Waals surface area contributed by atoms with Gasteiger partial charge in [0.15, 0.2) is 0 Å². The Balaban J connectivity index is 0.00000204. The molecule has 0 N–H and O–H groups in total. The molecular weight excluding hydrogens is 425 g/mol. The molecule has 0 saturated heterocycles. The summed E-state index contributed by atoms with van der Waals surface area (Å²) in [6.07, 6.45) is 1.82. The van der Waals surface area contributed by atoms with Crippen LogP contribution in [0.25, 0.3) is 22.3 Å². The molecule has 4 heteroatoms. The molecule has 2 aliphatic rings. The van der Waals surface area contributed by atoms with Crippen molar-refractivity contribution in [1.82, 2.24) is 0 Å².